The maximum Gasteiger partial charge on any atom is 0.241 e. The number of benzene rings is 1. The molecule has 1 saturated heterocycles. The van der Waals surface area contributed by atoms with Gasteiger partial charge in [-0.15, -0.1) is 0 Å². The molecule has 1 aromatic rings. The molecule has 1 amide bonds. The zero-order chi connectivity index (χ0) is 15.1. The van der Waals surface area contributed by atoms with Gasteiger partial charge in [-0.3, -0.25) is 10.1 Å². The first-order chi connectivity index (χ1) is 10.0. The predicted molar refractivity (Wildman–Crippen MR) is 79.9 cm³/mol. The van der Waals surface area contributed by atoms with Gasteiger partial charge in [0, 0.05) is 6.04 Å². The second kappa shape index (κ2) is 5.41. The molecule has 1 heterocycles. The van der Waals surface area contributed by atoms with E-state index in [4.69, 9.17) is 0 Å². The first kappa shape index (κ1) is 14.5. The first-order valence-electron chi connectivity index (χ1n) is 7.86. The Kier molecular flexibility index (Phi) is 3.74. The Morgan fingerprint density at radius 2 is 2.00 bits per heavy atom. The Balaban J connectivity index is 1.89. The van der Waals surface area contributed by atoms with Crippen molar-refractivity contribution in [2.75, 3.05) is 0 Å². The van der Waals surface area contributed by atoms with E-state index < -0.39 is 0 Å². The molecule has 1 aliphatic heterocycles. The maximum atomic E-state index is 13.1. The van der Waals surface area contributed by atoms with Crippen LogP contribution in [0.2, 0.25) is 0 Å². The number of carbonyl (C=O) groups is 1. The molecule has 1 N–H and O–H groups in total. The standard InChI is InChI=1S/C17H23FN2O/c1-4-10(2)15-17(21)20(14-9-11(14)3)16(19-15)12-5-7-13(18)8-6-12/h5-8,10-11,14-16,19H,4,9H2,1-3H3. The Bertz CT molecular complexity index is 530. The van der Waals surface area contributed by atoms with Crippen LogP contribution in [0.4, 0.5) is 4.39 Å². The monoisotopic (exact) mass is 290 g/mol. The van der Waals surface area contributed by atoms with Gasteiger partial charge in [0.1, 0.15) is 12.0 Å². The highest BCUT2D eigenvalue weighted by Crippen LogP contribution is 2.42. The van der Waals surface area contributed by atoms with Crippen molar-refractivity contribution in [1.82, 2.24) is 10.2 Å². The van der Waals surface area contributed by atoms with Gasteiger partial charge in [0.15, 0.2) is 0 Å². The quantitative estimate of drug-likeness (QED) is 0.924. The number of hydrogen-bond donors (Lipinski definition) is 1. The molecular formula is C17H23FN2O. The van der Waals surface area contributed by atoms with Crippen molar-refractivity contribution in [2.24, 2.45) is 11.8 Å². The van der Waals surface area contributed by atoms with Gasteiger partial charge in [0.05, 0.1) is 6.04 Å². The fourth-order valence-electron chi connectivity index (χ4n) is 3.20. The summed E-state index contributed by atoms with van der Waals surface area (Å²) >= 11 is 0. The summed E-state index contributed by atoms with van der Waals surface area (Å²) in [6.45, 7) is 6.39. The Hall–Kier alpha value is -1.42. The molecule has 114 valence electrons. The summed E-state index contributed by atoms with van der Waals surface area (Å²) in [5.41, 5.74) is 0.967. The number of rotatable bonds is 4. The smallest absolute Gasteiger partial charge is 0.241 e. The Morgan fingerprint density at radius 1 is 1.38 bits per heavy atom. The molecule has 3 rings (SSSR count). The van der Waals surface area contributed by atoms with E-state index in [0.717, 1.165) is 18.4 Å². The van der Waals surface area contributed by atoms with Gasteiger partial charge in [-0.25, -0.2) is 4.39 Å². The fourth-order valence-corrected chi connectivity index (χ4v) is 3.20. The van der Waals surface area contributed by atoms with Crippen LogP contribution in [0.25, 0.3) is 0 Å². The summed E-state index contributed by atoms with van der Waals surface area (Å²) in [6, 6.07) is 6.68. The van der Waals surface area contributed by atoms with Crippen molar-refractivity contribution < 1.29 is 9.18 Å². The van der Waals surface area contributed by atoms with Crippen LogP contribution in [0.3, 0.4) is 0 Å². The van der Waals surface area contributed by atoms with Gasteiger partial charge < -0.3 is 4.90 Å². The number of nitrogens with zero attached hydrogens (tertiary/aromatic N) is 1. The molecule has 3 nitrogen and oxygen atoms in total. The maximum absolute atomic E-state index is 13.1. The third kappa shape index (κ3) is 2.57. The average molecular weight is 290 g/mol. The number of halogens is 1. The van der Waals surface area contributed by atoms with Crippen molar-refractivity contribution in [2.45, 2.75) is 51.9 Å². The molecule has 0 aromatic heterocycles. The van der Waals surface area contributed by atoms with Gasteiger partial charge in [-0.05, 0) is 36.0 Å². The van der Waals surface area contributed by atoms with E-state index in [9.17, 15) is 9.18 Å². The third-order valence-electron chi connectivity index (χ3n) is 4.96. The molecular weight excluding hydrogens is 267 g/mol. The van der Waals surface area contributed by atoms with Gasteiger partial charge >= 0.3 is 0 Å². The molecule has 2 fully saturated rings. The zero-order valence-electron chi connectivity index (χ0n) is 12.8. The fraction of sp³-hybridized carbons (Fsp3) is 0.588. The highest BCUT2D eigenvalue weighted by atomic mass is 19.1. The van der Waals surface area contributed by atoms with Crippen molar-refractivity contribution in [3.05, 3.63) is 35.6 Å². The van der Waals surface area contributed by atoms with Crippen LogP contribution in [0.5, 0.6) is 0 Å². The number of amides is 1. The van der Waals surface area contributed by atoms with Crippen LogP contribution in [-0.2, 0) is 4.79 Å². The van der Waals surface area contributed by atoms with Gasteiger partial charge in [0.2, 0.25) is 5.91 Å². The molecule has 0 radical (unpaired) electrons. The highest BCUT2D eigenvalue weighted by molar-refractivity contribution is 5.85. The van der Waals surface area contributed by atoms with Crippen molar-refractivity contribution >= 4 is 5.91 Å². The Labute approximate surface area is 125 Å². The van der Waals surface area contributed by atoms with E-state index in [2.05, 4.69) is 26.1 Å². The molecule has 0 bridgehead atoms. The van der Waals surface area contributed by atoms with E-state index in [1.807, 2.05) is 4.90 Å². The summed E-state index contributed by atoms with van der Waals surface area (Å²) in [4.78, 5) is 14.8. The normalized spacial score (nSPS) is 33.3. The average Bonchev–Trinajstić information content (AvgIpc) is 3.09. The molecule has 5 atom stereocenters. The van der Waals surface area contributed by atoms with Crippen LogP contribution >= 0.6 is 0 Å². The summed E-state index contributed by atoms with van der Waals surface area (Å²) in [5.74, 6) is 0.829. The summed E-state index contributed by atoms with van der Waals surface area (Å²) in [5, 5.41) is 3.47. The van der Waals surface area contributed by atoms with Gasteiger partial charge in [-0.1, -0.05) is 39.3 Å². The molecule has 1 aliphatic carbocycles. The van der Waals surface area contributed by atoms with Gasteiger partial charge in [-0.2, -0.15) is 0 Å². The molecule has 21 heavy (non-hydrogen) atoms. The molecule has 1 saturated carbocycles. The van der Waals surface area contributed by atoms with E-state index in [1.165, 1.54) is 12.1 Å². The van der Waals surface area contributed by atoms with Crippen molar-refractivity contribution in [1.29, 1.82) is 0 Å². The minimum atomic E-state index is -0.243. The first-order valence-corrected chi connectivity index (χ1v) is 7.86. The molecule has 5 unspecified atom stereocenters. The lowest BCUT2D eigenvalue weighted by atomic mass is 9.99. The largest absolute Gasteiger partial charge is 0.318 e. The van der Waals surface area contributed by atoms with Crippen molar-refractivity contribution in [3.63, 3.8) is 0 Å². The Morgan fingerprint density at radius 3 is 2.52 bits per heavy atom. The lowest BCUT2D eigenvalue weighted by molar-refractivity contribution is -0.131. The lowest BCUT2D eigenvalue weighted by Gasteiger charge is -2.24. The minimum absolute atomic E-state index is 0.118. The lowest BCUT2D eigenvalue weighted by Crippen LogP contribution is -2.36. The number of carbonyl (C=O) groups excluding carboxylic acids is 1. The van der Waals surface area contributed by atoms with Crippen LogP contribution in [0.15, 0.2) is 24.3 Å². The van der Waals surface area contributed by atoms with E-state index in [1.54, 1.807) is 12.1 Å². The zero-order valence-corrected chi connectivity index (χ0v) is 12.8. The minimum Gasteiger partial charge on any atom is -0.318 e. The van der Waals surface area contributed by atoms with Crippen LogP contribution in [-0.4, -0.2) is 22.9 Å². The van der Waals surface area contributed by atoms with Crippen LogP contribution in [0.1, 0.15) is 45.3 Å². The topological polar surface area (TPSA) is 32.3 Å². The molecule has 1 aromatic carbocycles. The molecule has 2 aliphatic rings. The predicted octanol–water partition coefficient (Wildman–Crippen LogP) is 3.08. The van der Waals surface area contributed by atoms with Crippen molar-refractivity contribution in [3.8, 4) is 0 Å². The van der Waals surface area contributed by atoms with E-state index >= 15 is 0 Å². The summed E-state index contributed by atoms with van der Waals surface area (Å²) < 4.78 is 13.1. The van der Waals surface area contributed by atoms with Crippen LogP contribution in [0, 0.1) is 17.7 Å². The van der Waals surface area contributed by atoms with Crippen LogP contribution < -0.4 is 5.32 Å². The second-order valence-corrected chi connectivity index (χ2v) is 6.51. The highest BCUT2D eigenvalue weighted by Gasteiger charge is 2.51. The molecule has 0 spiro atoms. The number of nitrogens with one attached hydrogen (secondary N) is 1. The van der Waals surface area contributed by atoms with E-state index in [0.29, 0.717) is 17.9 Å². The number of hydrogen-bond acceptors (Lipinski definition) is 2. The SMILES string of the molecule is CCC(C)C1NC(c2ccc(F)cc2)N(C2CC2C)C1=O. The van der Waals surface area contributed by atoms with Gasteiger partial charge in [0.25, 0.3) is 0 Å². The van der Waals surface area contributed by atoms with E-state index in [-0.39, 0.29) is 23.9 Å². The second-order valence-electron chi connectivity index (χ2n) is 6.51. The summed E-state index contributed by atoms with van der Waals surface area (Å²) in [6.07, 6.45) is 1.92. The third-order valence-corrected chi connectivity index (χ3v) is 4.96. The molecule has 4 heteroatoms. The summed E-state index contributed by atoms with van der Waals surface area (Å²) in [7, 11) is 0.